The van der Waals surface area contributed by atoms with Crippen molar-refractivity contribution in [3.63, 3.8) is 0 Å². The van der Waals surface area contributed by atoms with Crippen LogP contribution < -0.4 is 4.74 Å². The first kappa shape index (κ1) is 18.0. The van der Waals surface area contributed by atoms with Crippen molar-refractivity contribution in [2.24, 2.45) is 0 Å². The molecule has 25 heavy (non-hydrogen) atoms. The molecule has 2 aromatic carbocycles. The van der Waals surface area contributed by atoms with E-state index >= 15 is 0 Å². The van der Waals surface area contributed by atoms with Gasteiger partial charge >= 0.3 is 5.97 Å². The van der Waals surface area contributed by atoms with Crippen LogP contribution in [0.4, 0.5) is 0 Å². The second-order valence-electron chi connectivity index (χ2n) is 5.15. The van der Waals surface area contributed by atoms with Crippen LogP contribution in [0, 0.1) is 10.1 Å². The van der Waals surface area contributed by atoms with E-state index in [0.717, 1.165) is 11.1 Å². The van der Waals surface area contributed by atoms with Gasteiger partial charge in [-0.25, -0.2) is 4.79 Å². The molecule has 0 aromatic heterocycles. The van der Waals surface area contributed by atoms with Crippen molar-refractivity contribution in [1.29, 1.82) is 0 Å². The summed E-state index contributed by atoms with van der Waals surface area (Å²) in [6.07, 6.45) is 3.94. The molecule has 0 fully saturated rings. The molecule has 0 radical (unpaired) electrons. The quantitative estimate of drug-likeness (QED) is 0.197. The van der Waals surface area contributed by atoms with Gasteiger partial charge in [0.2, 0.25) is 0 Å². The lowest BCUT2D eigenvalue weighted by Crippen LogP contribution is -2.05. The van der Waals surface area contributed by atoms with E-state index in [2.05, 4.69) is 4.84 Å². The molecular formula is C18H17NO6. The first-order valence-corrected chi connectivity index (χ1v) is 7.58. The van der Waals surface area contributed by atoms with Crippen molar-refractivity contribution in [3.05, 3.63) is 75.8 Å². The molecule has 7 heteroatoms. The van der Waals surface area contributed by atoms with Gasteiger partial charge in [-0.2, -0.15) is 0 Å². The molecule has 0 heterocycles. The van der Waals surface area contributed by atoms with Crippen LogP contribution in [-0.4, -0.2) is 22.8 Å². The Hall–Kier alpha value is -3.35. The third kappa shape index (κ3) is 6.74. The minimum Gasteiger partial charge on any atom is -0.508 e. The Bertz CT molecular complexity index is 754. The summed E-state index contributed by atoms with van der Waals surface area (Å²) in [5.41, 5.74) is 1.65. The smallest absolute Gasteiger partial charge is 0.336 e. The molecule has 1 N–H and O–H groups in total. The number of benzene rings is 2. The Morgan fingerprint density at radius 3 is 2.68 bits per heavy atom. The molecule has 0 saturated carbocycles. The van der Waals surface area contributed by atoms with Crippen molar-refractivity contribution in [2.45, 2.75) is 12.8 Å². The Morgan fingerprint density at radius 2 is 1.96 bits per heavy atom. The Morgan fingerprint density at radius 1 is 1.20 bits per heavy atom. The molecule has 0 aliphatic carbocycles. The van der Waals surface area contributed by atoms with Gasteiger partial charge in [-0.3, -0.25) is 0 Å². The second-order valence-corrected chi connectivity index (χ2v) is 5.15. The van der Waals surface area contributed by atoms with Gasteiger partial charge < -0.3 is 14.7 Å². The number of phenols is 1. The Balaban J connectivity index is 1.86. The van der Waals surface area contributed by atoms with Crippen LogP contribution in [0.3, 0.4) is 0 Å². The summed E-state index contributed by atoms with van der Waals surface area (Å²) >= 11 is 0. The number of hydrogen-bond donors (Lipinski definition) is 1. The van der Waals surface area contributed by atoms with Crippen molar-refractivity contribution in [2.75, 3.05) is 6.61 Å². The second kappa shape index (κ2) is 9.07. The highest BCUT2D eigenvalue weighted by Gasteiger charge is 2.03. The summed E-state index contributed by atoms with van der Waals surface area (Å²) in [4.78, 5) is 26.2. The zero-order valence-electron chi connectivity index (χ0n) is 13.3. The third-order valence-corrected chi connectivity index (χ3v) is 3.23. The summed E-state index contributed by atoms with van der Waals surface area (Å²) in [5.74, 6) is 0.0233. The van der Waals surface area contributed by atoms with Gasteiger partial charge in [-0.05, 0) is 54.3 Å². The standard InChI is InChI=1S/C18H17NO6/c20-16-9-6-14(7-10-16)8-11-18(21)25-17-5-1-3-15(13-17)4-2-12-24-19(22)23/h1,3,5-11,13,20H,2,4,12H2. The number of esters is 1. The van der Waals surface area contributed by atoms with Crippen molar-refractivity contribution < 1.29 is 24.6 Å². The highest BCUT2D eigenvalue weighted by molar-refractivity contribution is 5.88. The van der Waals surface area contributed by atoms with Crippen LogP contribution in [0.15, 0.2) is 54.6 Å². The van der Waals surface area contributed by atoms with Crippen LogP contribution in [0.2, 0.25) is 0 Å². The SMILES string of the molecule is O=C(C=Cc1ccc(O)cc1)Oc1cccc(CCCO[N+](=O)[O-])c1. The molecule has 0 unspecified atom stereocenters. The number of ether oxygens (including phenoxy) is 1. The molecule has 0 spiro atoms. The lowest BCUT2D eigenvalue weighted by molar-refractivity contribution is -0.757. The van der Waals surface area contributed by atoms with E-state index in [9.17, 15) is 20.0 Å². The molecule has 0 aliphatic heterocycles. The number of aryl methyl sites for hydroxylation is 1. The molecule has 0 bridgehead atoms. The van der Waals surface area contributed by atoms with E-state index < -0.39 is 11.1 Å². The summed E-state index contributed by atoms with van der Waals surface area (Å²) < 4.78 is 5.23. The summed E-state index contributed by atoms with van der Waals surface area (Å²) in [6.45, 7) is 0.0202. The molecular weight excluding hydrogens is 326 g/mol. The van der Waals surface area contributed by atoms with Gasteiger partial charge in [0.05, 0.1) is 6.61 Å². The normalized spacial score (nSPS) is 10.6. The monoisotopic (exact) mass is 343 g/mol. The van der Waals surface area contributed by atoms with E-state index in [1.807, 2.05) is 6.07 Å². The third-order valence-electron chi connectivity index (χ3n) is 3.23. The van der Waals surface area contributed by atoms with Crippen molar-refractivity contribution >= 4 is 12.0 Å². The zero-order valence-corrected chi connectivity index (χ0v) is 13.3. The number of carbonyl (C=O) groups excluding carboxylic acids is 1. The number of hydrogen-bond acceptors (Lipinski definition) is 6. The molecule has 7 nitrogen and oxygen atoms in total. The van der Waals surface area contributed by atoms with Gasteiger partial charge in [0.25, 0.3) is 5.09 Å². The van der Waals surface area contributed by atoms with E-state index in [0.29, 0.717) is 18.6 Å². The summed E-state index contributed by atoms with van der Waals surface area (Å²) in [7, 11) is 0. The van der Waals surface area contributed by atoms with Gasteiger partial charge in [0, 0.05) is 6.08 Å². The highest BCUT2D eigenvalue weighted by atomic mass is 16.9. The fourth-order valence-electron chi connectivity index (χ4n) is 2.08. The van der Waals surface area contributed by atoms with E-state index in [1.165, 1.54) is 18.2 Å². The van der Waals surface area contributed by atoms with Crippen LogP contribution in [0.25, 0.3) is 6.08 Å². The summed E-state index contributed by atoms with van der Waals surface area (Å²) in [6, 6.07) is 13.3. The molecule has 2 aromatic rings. The topological polar surface area (TPSA) is 98.9 Å². The fourth-order valence-corrected chi connectivity index (χ4v) is 2.08. The van der Waals surface area contributed by atoms with Gasteiger partial charge in [-0.15, -0.1) is 10.1 Å². The molecule has 130 valence electrons. The Labute approximate surface area is 144 Å². The maximum atomic E-state index is 11.8. The van der Waals surface area contributed by atoms with Gasteiger partial charge in [0.1, 0.15) is 11.5 Å². The number of aromatic hydroxyl groups is 1. The first-order chi connectivity index (χ1) is 12.0. The predicted octanol–water partition coefficient (Wildman–Crippen LogP) is 3.15. The van der Waals surface area contributed by atoms with Crippen molar-refractivity contribution in [1.82, 2.24) is 0 Å². The summed E-state index contributed by atoms with van der Waals surface area (Å²) in [5, 5.41) is 18.5. The molecule has 0 amide bonds. The van der Waals surface area contributed by atoms with E-state index in [4.69, 9.17) is 4.74 Å². The van der Waals surface area contributed by atoms with Gasteiger partial charge in [-0.1, -0.05) is 24.3 Å². The van der Waals surface area contributed by atoms with Crippen molar-refractivity contribution in [3.8, 4) is 11.5 Å². The lowest BCUT2D eigenvalue weighted by Gasteiger charge is -2.05. The van der Waals surface area contributed by atoms with Crippen LogP contribution >= 0.6 is 0 Å². The fraction of sp³-hybridized carbons (Fsp3) is 0.167. The minimum atomic E-state index is -0.821. The number of rotatable bonds is 8. The predicted molar refractivity (Wildman–Crippen MR) is 90.5 cm³/mol. The maximum Gasteiger partial charge on any atom is 0.336 e. The zero-order chi connectivity index (χ0) is 18.1. The Kier molecular flexibility index (Phi) is 6.53. The first-order valence-electron chi connectivity index (χ1n) is 7.58. The van der Waals surface area contributed by atoms with Crippen LogP contribution in [-0.2, 0) is 16.1 Å². The lowest BCUT2D eigenvalue weighted by atomic mass is 10.1. The number of carbonyl (C=O) groups is 1. The minimum absolute atomic E-state index is 0.0202. The number of phenolic OH excluding ortho intramolecular Hbond substituents is 1. The maximum absolute atomic E-state index is 11.8. The largest absolute Gasteiger partial charge is 0.508 e. The van der Waals surface area contributed by atoms with E-state index in [1.54, 1.807) is 36.4 Å². The van der Waals surface area contributed by atoms with Gasteiger partial charge in [0.15, 0.2) is 0 Å². The average Bonchev–Trinajstić information content (AvgIpc) is 2.58. The number of nitrogens with zero attached hydrogens (tertiary/aromatic N) is 1. The molecule has 2 rings (SSSR count). The molecule has 0 aliphatic rings. The highest BCUT2D eigenvalue weighted by Crippen LogP contribution is 2.16. The molecule has 0 atom stereocenters. The van der Waals surface area contributed by atoms with Crippen LogP contribution in [0.5, 0.6) is 11.5 Å². The average molecular weight is 343 g/mol. The van der Waals surface area contributed by atoms with Crippen LogP contribution in [0.1, 0.15) is 17.5 Å². The van der Waals surface area contributed by atoms with E-state index in [-0.39, 0.29) is 12.4 Å². The molecule has 0 saturated heterocycles.